The van der Waals surface area contributed by atoms with E-state index in [0.29, 0.717) is 66.7 Å². The summed E-state index contributed by atoms with van der Waals surface area (Å²) >= 11 is 29.5. The van der Waals surface area contributed by atoms with Crippen LogP contribution in [0.2, 0.25) is 20.1 Å². The molecule has 17 aromatic rings. The molecule has 0 fully saturated rings. The molecule has 1 spiro atoms. The summed E-state index contributed by atoms with van der Waals surface area (Å²) in [6, 6.07) is 87.2. The van der Waals surface area contributed by atoms with Gasteiger partial charge in [0.15, 0.2) is 22.4 Å². The summed E-state index contributed by atoms with van der Waals surface area (Å²) in [6.45, 7) is 19.8. The van der Waals surface area contributed by atoms with Gasteiger partial charge in [0, 0.05) is 189 Å². The number of hydrogen-bond acceptors (Lipinski definition) is 19. The van der Waals surface area contributed by atoms with Crippen LogP contribution in [0.5, 0.6) is 11.5 Å². The van der Waals surface area contributed by atoms with Crippen molar-refractivity contribution in [3.05, 3.63) is 402 Å². The van der Waals surface area contributed by atoms with Crippen molar-refractivity contribution in [2.75, 3.05) is 83.7 Å². The minimum absolute atomic E-state index is 0.114. The summed E-state index contributed by atoms with van der Waals surface area (Å²) in [6.07, 6.45) is 0. The number of nitrogens with one attached hydrogen (secondary N) is 4. The summed E-state index contributed by atoms with van der Waals surface area (Å²) < 4.78 is 41.9. The Kier molecular flexibility index (Phi) is 25.6. The molecule has 0 saturated carbocycles. The van der Waals surface area contributed by atoms with Crippen LogP contribution >= 0.6 is 69.1 Å². The maximum Gasteiger partial charge on any atom is 0.376 e. The van der Waals surface area contributed by atoms with Gasteiger partial charge in [-0.1, -0.05) is 240 Å². The summed E-state index contributed by atoms with van der Waals surface area (Å²) in [7, 11) is 15.4. The number of rotatable bonds is 20. The Morgan fingerprint density at radius 3 is 1.52 bits per heavy atom. The lowest BCUT2D eigenvalue weighted by atomic mass is 9.77. The zero-order valence-electron chi connectivity index (χ0n) is 79.3. The monoisotopic (exact) mass is 1950 g/mol. The molecule has 0 aliphatic carbocycles. The van der Waals surface area contributed by atoms with Gasteiger partial charge in [0.2, 0.25) is 5.76 Å². The zero-order valence-corrected chi connectivity index (χ0v) is 83.9. The number of hydrogen-bond donors (Lipinski definition) is 4. The van der Waals surface area contributed by atoms with Crippen LogP contribution in [0.25, 0.3) is 52.8 Å². The molecule has 0 saturated heterocycles. The summed E-state index contributed by atoms with van der Waals surface area (Å²) in [5.74, 6) is -0.0173. The van der Waals surface area contributed by atoms with Crippen LogP contribution in [-0.4, -0.2) is 97.4 Å². The van der Waals surface area contributed by atoms with Crippen LogP contribution in [-0.2, 0) is 68.0 Å². The third kappa shape index (κ3) is 15.6. The number of benzene rings is 13. The molecule has 13 aromatic carbocycles. The maximum absolute atomic E-state index is 13.6. The van der Waals surface area contributed by atoms with Crippen molar-refractivity contribution in [3.8, 4) is 11.5 Å². The molecule has 22 rings (SSSR count). The minimum atomic E-state index is -1.35. The number of thiophene rings is 2. The number of cyclic esters (lactones) is 3. The third-order valence-corrected chi connectivity index (χ3v) is 31.3. The molecule has 18 nitrogen and oxygen atoms in total. The number of fused-ring (bicyclic) bond motifs is 18. The first-order chi connectivity index (χ1) is 66.6. The highest BCUT2D eigenvalue weighted by Gasteiger charge is 2.59. The van der Waals surface area contributed by atoms with Gasteiger partial charge in [-0.15, -0.1) is 22.7 Å². The van der Waals surface area contributed by atoms with E-state index in [2.05, 4.69) is 255 Å². The second-order valence-electron chi connectivity index (χ2n) is 36.0. The molecule has 24 heteroatoms. The molecule has 0 radical (unpaired) electrons. The summed E-state index contributed by atoms with van der Waals surface area (Å²) in [5, 5.41) is 19.5. The minimum Gasteiger partial charge on any atom is -0.456 e. The predicted octanol–water partition coefficient (Wildman–Crippen LogP) is 25.9. The molecular weight excluding hydrogens is 1850 g/mol. The van der Waals surface area contributed by atoms with Crippen molar-refractivity contribution in [3.63, 3.8) is 0 Å². The molecule has 0 amide bonds. The van der Waals surface area contributed by atoms with E-state index >= 15 is 0 Å². The number of carbonyl (C=O) groups is 4. The molecule has 5 aliphatic heterocycles. The van der Waals surface area contributed by atoms with Gasteiger partial charge in [-0.3, -0.25) is 0 Å². The number of carbonyl (C=O) groups excluding carboxylic acids is 4. The van der Waals surface area contributed by atoms with Crippen molar-refractivity contribution in [1.29, 1.82) is 0 Å². The number of furan rings is 1. The topological polar surface area (TPSA) is 190 Å². The normalized spacial score (nSPS) is 17.5. The molecular formula is C114H104Cl4N8O10S2. The highest BCUT2D eigenvalue weighted by Crippen LogP contribution is 2.63. The number of anilines is 3. The van der Waals surface area contributed by atoms with Gasteiger partial charge in [0.25, 0.3) is 0 Å². The van der Waals surface area contributed by atoms with Gasteiger partial charge in [-0.25, -0.2) is 19.2 Å². The van der Waals surface area contributed by atoms with Gasteiger partial charge in [-0.05, 0) is 181 Å². The average molecular weight is 1950 g/mol. The van der Waals surface area contributed by atoms with E-state index in [-0.39, 0.29) is 43.8 Å². The van der Waals surface area contributed by atoms with Crippen LogP contribution in [0.15, 0.2) is 259 Å². The molecule has 4 N–H and O–H groups in total. The van der Waals surface area contributed by atoms with Gasteiger partial charge >= 0.3 is 23.9 Å². The van der Waals surface area contributed by atoms with Crippen LogP contribution in [0.3, 0.4) is 0 Å². The van der Waals surface area contributed by atoms with E-state index in [0.717, 1.165) is 147 Å². The molecule has 5 aliphatic rings. The molecule has 5 unspecified atom stereocenters. The Labute approximate surface area is 830 Å². The van der Waals surface area contributed by atoms with Crippen molar-refractivity contribution in [2.45, 2.75) is 96.5 Å². The van der Waals surface area contributed by atoms with E-state index in [1.165, 1.54) is 50.6 Å². The van der Waals surface area contributed by atoms with Crippen LogP contribution in [0.1, 0.15) is 180 Å². The second-order valence-corrected chi connectivity index (χ2v) is 39.6. The second kappa shape index (κ2) is 37.5. The lowest BCUT2D eigenvalue weighted by molar-refractivity contribution is 0.0215. The Hall–Kier alpha value is -12.8. The number of esters is 4. The van der Waals surface area contributed by atoms with E-state index < -0.39 is 34.3 Å². The fourth-order valence-electron chi connectivity index (χ4n) is 20.6. The van der Waals surface area contributed by atoms with E-state index in [1.54, 1.807) is 11.6 Å². The Balaban J connectivity index is 0.000000118. The third-order valence-electron chi connectivity index (χ3n) is 27.2. The number of aryl methyl sites for hydroxylation is 4. The summed E-state index contributed by atoms with van der Waals surface area (Å²) in [4.78, 5) is 61.2. The van der Waals surface area contributed by atoms with Crippen LogP contribution in [0, 0.1) is 20.8 Å². The highest BCUT2D eigenvalue weighted by atomic mass is 35.5. The molecule has 4 aromatic heterocycles. The lowest BCUT2D eigenvalue weighted by Gasteiger charge is -2.37. The SMILES string of the molecule is CCNC(C)c1ccc(C2(c3ccc(N(CC)CC)cc3)OC(=O)c3sc4ccccc4c32)cc1.CNCc1ccc(C2(c3ccc(N(C)C)cc3)OC(=O)c3sc4ccc(C)cc4c32)cc1.CNCc1ccc(C2(c3ccc4ccccc4c3)OC(=O)c3oc4ccc(C)cc4c32)c(C)c1.CNCc1ccc2c(c1)Oc1cc(N(C)C)ccc1C21OC(=O)c2c1c1c(Cl)c(Cl)c(Cl)c(Cl)c1n2C. The van der Waals surface area contributed by atoms with Gasteiger partial charge in [0.05, 0.1) is 31.2 Å². The quantitative estimate of drug-likeness (QED) is 0.0244. The van der Waals surface area contributed by atoms with E-state index in [1.807, 2.05) is 134 Å². The Morgan fingerprint density at radius 2 is 0.913 bits per heavy atom. The number of nitrogens with zero attached hydrogens (tertiary/aromatic N) is 4. The van der Waals surface area contributed by atoms with E-state index in [4.69, 9.17) is 74.5 Å². The van der Waals surface area contributed by atoms with Crippen LogP contribution < -0.4 is 40.7 Å². The Bertz CT molecular complexity index is 7720. The maximum atomic E-state index is 13.6. The Morgan fingerprint density at radius 1 is 0.420 bits per heavy atom. The molecule has 0 bridgehead atoms. The summed E-state index contributed by atoms with van der Waals surface area (Å²) in [5.41, 5.74) is 18.6. The largest absolute Gasteiger partial charge is 0.456 e. The van der Waals surface area contributed by atoms with Gasteiger partial charge in [0.1, 0.15) is 32.5 Å². The molecule has 138 heavy (non-hydrogen) atoms. The van der Waals surface area contributed by atoms with Crippen molar-refractivity contribution in [2.24, 2.45) is 7.05 Å². The van der Waals surface area contributed by atoms with Crippen molar-refractivity contribution >= 4 is 163 Å². The first-order valence-corrected chi connectivity index (χ1v) is 49.3. The zero-order chi connectivity index (χ0) is 96.9. The van der Waals surface area contributed by atoms with Crippen LogP contribution in [0.4, 0.5) is 17.1 Å². The number of ether oxygens (including phenoxy) is 5. The van der Waals surface area contributed by atoms with Crippen molar-refractivity contribution in [1.82, 2.24) is 25.8 Å². The standard InChI is InChI=1S/C30H32N2O2S.C30H25NO3.C27H21Cl4N3O3.C27H26N2O2S/c1-5-31-20(4)21-12-14-22(15-13-21)30(23-16-18-24(19-17-23)32(6-2)7-3)27-25-10-8-9-11-26(25)35-28(27)29(33)34-30;1-18-8-13-26-24(14-18)27-28(33-26)29(32)34-30(27,25-12-9-20(17-31-3)15-19(25)2)23-11-10-21-6-4-5-7-22(21)16-23;1-32-11-12-5-7-14-16(9-12)36-17-10-13(33(2)3)6-8-15(17)27(14)19-18-20(28)21(29)22(30)23(31)24(18)34(4)25(19)26(35)37-27;1-17-5-14-23-22(15-17)24-25(32-23)26(30)31-27(24,19-8-6-18(7-9-19)16-28-2)20-10-12-21(13-11-20)29(3)4/h8-20,31H,5-7H2,1-4H3;4-16,31H,17H2,1-3H3;5-10,32H,11H2,1-4H3;5-15,28H,16H2,1-4H3. The fourth-order valence-corrected chi connectivity index (χ4v) is 23.9. The first-order valence-electron chi connectivity index (χ1n) is 46.2. The molecule has 9 heterocycles. The molecule has 5 atom stereocenters. The van der Waals surface area contributed by atoms with Gasteiger partial charge < -0.3 is 68.6 Å². The fraction of sp³-hybridized carbons (Fsp3) is 0.228. The number of halogens is 4. The van der Waals surface area contributed by atoms with E-state index in [9.17, 15) is 19.2 Å². The highest BCUT2D eigenvalue weighted by molar-refractivity contribution is 7.21. The average Bonchev–Trinajstić information content (AvgIpc) is 1.50. The smallest absolute Gasteiger partial charge is 0.376 e. The van der Waals surface area contributed by atoms with Gasteiger partial charge in [-0.2, -0.15) is 0 Å². The lowest BCUT2D eigenvalue weighted by Crippen LogP contribution is -2.33. The van der Waals surface area contributed by atoms with Crippen molar-refractivity contribution < 1.29 is 47.3 Å². The number of aromatic nitrogens is 1. The predicted molar refractivity (Wildman–Crippen MR) is 560 cm³/mol. The first kappa shape index (κ1) is 94.2. The molecule has 700 valence electrons.